The van der Waals surface area contributed by atoms with Gasteiger partial charge in [0.05, 0.1) is 28.9 Å². The largest absolute Gasteiger partial charge is 0.359 e. The van der Waals surface area contributed by atoms with Crippen LogP contribution in [0.1, 0.15) is 51.9 Å². The first-order valence-electron chi connectivity index (χ1n) is 13.2. The normalized spacial score (nSPS) is 11.9. The van der Waals surface area contributed by atoms with Crippen molar-refractivity contribution < 1.29 is 0 Å². The smallest absolute Gasteiger partial charge is 0.180 e. The van der Waals surface area contributed by atoms with E-state index in [1.54, 1.807) is 18.6 Å². The number of aryl methyl sites for hydroxylation is 1. The number of hydrogen-bond donors (Lipinski definition) is 3. The molecular formula is C30H35N9. The molecule has 39 heavy (non-hydrogen) atoms. The number of imidazole rings is 2. The number of rotatable bonds is 9. The average Bonchev–Trinajstić information content (AvgIpc) is 3.69. The predicted octanol–water partition coefficient (Wildman–Crippen LogP) is 6.79. The maximum Gasteiger partial charge on any atom is 0.180 e. The predicted molar refractivity (Wildman–Crippen MR) is 159 cm³/mol. The van der Waals surface area contributed by atoms with Crippen molar-refractivity contribution >= 4 is 27.8 Å². The Kier molecular flexibility index (Phi) is 8.50. The van der Waals surface area contributed by atoms with Crippen LogP contribution in [-0.4, -0.2) is 39.7 Å². The lowest BCUT2D eigenvalue weighted by molar-refractivity contribution is 0.829. The molecule has 0 amide bonds. The Morgan fingerprint density at radius 3 is 2.67 bits per heavy atom. The van der Waals surface area contributed by atoms with Gasteiger partial charge in [-0.25, -0.2) is 19.9 Å². The monoisotopic (exact) mass is 521 g/mol. The molecule has 5 aromatic heterocycles. The van der Waals surface area contributed by atoms with Crippen molar-refractivity contribution in [2.45, 2.75) is 47.5 Å². The van der Waals surface area contributed by atoms with Gasteiger partial charge in [0, 0.05) is 23.8 Å². The number of H-pyrrole nitrogens is 2. The first-order valence-corrected chi connectivity index (χ1v) is 13.2. The molecule has 5 aromatic rings. The Labute approximate surface area is 228 Å². The van der Waals surface area contributed by atoms with Crippen molar-refractivity contribution in [2.75, 3.05) is 0 Å². The fraction of sp³-hybridized carbons (Fsp3) is 0.233. The van der Waals surface area contributed by atoms with E-state index in [1.165, 1.54) is 0 Å². The van der Waals surface area contributed by atoms with E-state index in [2.05, 4.69) is 50.5 Å². The molecule has 200 valence electrons. The minimum atomic E-state index is 0.588. The molecule has 0 unspecified atom stereocenters. The second kappa shape index (κ2) is 12.2. The third kappa shape index (κ3) is 5.72. The van der Waals surface area contributed by atoms with E-state index in [-0.39, 0.29) is 0 Å². The van der Waals surface area contributed by atoms with E-state index < -0.39 is 0 Å². The van der Waals surface area contributed by atoms with Crippen LogP contribution in [0.4, 0.5) is 0 Å². The Bertz CT molecular complexity index is 1680. The van der Waals surface area contributed by atoms with Crippen molar-refractivity contribution in [3.05, 3.63) is 91.1 Å². The Balaban J connectivity index is 0.00000172. The molecule has 0 fully saturated rings. The average molecular weight is 522 g/mol. The zero-order chi connectivity index (χ0) is 27.9. The van der Waals surface area contributed by atoms with E-state index in [0.29, 0.717) is 22.7 Å². The summed E-state index contributed by atoms with van der Waals surface area (Å²) >= 11 is 0. The molecule has 0 radical (unpaired) electrons. The number of fused-ring (bicyclic) bond motifs is 2. The molecule has 0 aliphatic rings. The highest BCUT2D eigenvalue weighted by Gasteiger charge is 2.17. The van der Waals surface area contributed by atoms with Crippen LogP contribution in [0.5, 0.6) is 0 Å². The van der Waals surface area contributed by atoms with Crippen molar-refractivity contribution in [2.24, 2.45) is 0 Å². The molecule has 0 aliphatic heterocycles. The number of pyridine rings is 2. The van der Waals surface area contributed by atoms with Gasteiger partial charge < -0.3 is 14.9 Å². The van der Waals surface area contributed by atoms with Crippen LogP contribution in [0.3, 0.4) is 0 Å². The topological polar surface area (TPSA) is 113 Å². The fourth-order valence-electron chi connectivity index (χ4n) is 4.19. The zero-order valence-electron chi connectivity index (χ0n) is 23.2. The molecule has 9 heteroatoms. The van der Waals surface area contributed by atoms with Gasteiger partial charge >= 0.3 is 0 Å². The van der Waals surface area contributed by atoms with Gasteiger partial charge in [-0.1, -0.05) is 46.4 Å². The molecule has 0 aromatic carbocycles. The first kappa shape index (κ1) is 27.3. The second-order valence-electron chi connectivity index (χ2n) is 8.73. The molecule has 9 nitrogen and oxygen atoms in total. The molecule has 0 saturated carbocycles. The summed E-state index contributed by atoms with van der Waals surface area (Å²) in [6.07, 6.45) is 13.2. The Morgan fingerprint density at radius 2 is 1.97 bits per heavy atom. The number of allylic oxidation sites excluding steroid dienone is 5. The molecule has 5 rings (SSSR count). The summed E-state index contributed by atoms with van der Waals surface area (Å²) in [5.74, 6) is 0.588. The molecule has 3 N–H and O–H groups in total. The molecule has 0 saturated heterocycles. The van der Waals surface area contributed by atoms with Crippen LogP contribution in [0.15, 0.2) is 79.7 Å². The molecule has 0 atom stereocenters. The third-order valence-corrected chi connectivity index (χ3v) is 6.00. The van der Waals surface area contributed by atoms with Gasteiger partial charge in [-0.3, -0.25) is 5.10 Å². The van der Waals surface area contributed by atoms with Crippen LogP contribution in [-0.2, 0) is 0 Å². The maximum absolute atomic E-state index is 4.95. The molecule has 0 aliphatic carbocycles. The second-order valence-corrected chi connectivity index (χ2v) is 8.73. The van der Waals surface area contributed by atoms with E-state index in [4.69, 9.17) is 9.97 Å². The summed E-state index contributed by atoms with van der Waals surface area (Å²) in [5.41, 5.74) is 8.97. The Morgan fingerprint density at radius 1 is 1.15 bits per heavy atom. The lowest BCUT2D eigenvalue weighted by Gasteiger charge is -2.11. The molecular weight excluding hydrogens is 486 g/mol. The van der Waals surface area contributed by atoms with Gasteiger partial charge in [0.15, 0.2) is 17.2 Å². The SMILES string of the molecule is C=C/C(=C\C(=C/C)c1ccc2[nH]nc(-c3nc4nccc(-n5cnc(C)c5)c4[nH]3)c2n1)NC(=C)CCC.CC. The van der Waals surface area contributed by atoms with Crippen molar-refractivity contribution in [3.8, 4) is 17.2 Å². The van der Waals surface area contributed by atoms with Gasteiger partial charge in [-0.15, -0.1) is 0 Å². The van der Waals surface area contributed by atoms with Gasteiger partial charge in [0.2, 0.25) is 0 Å². The lowest BCUT2D eigenvalue weighted by Crippen LogP contribution is -2.10. The molecule has 0 spiro atoms. The van der Waals surface area contributed by atoms with Gasteiger partial charge in [-0.05, 0) is 56.2 Å². The van der Waals surface area contributed by atoms with Crippen LogP contribution in [0.25, 0.3) is 45.0 Å². The highest BCUT2D eigenvalue weighted by Crippen LogP contribution is 2.28. The van der Waals surface area contributed by atoms with E-state index >= 15 is 0 Å². The number of nitrogens with one attached hydrogen (secondary N) is 3. The zero-order valence-corrected chi connectivity index (χ0v) is 23.2. The Hall–Kier alpha value is -4.79. The quantitative estimate of drug-likeness (QED) is 0.184. The summed E-state index contributed by atoms with van der Waals surface area (Å²) in [5, 5.41) is 10.9. The maximum atomic E-state index is 4.95. The van der Waals surface area contributed by atoms with E-state index in [9.17, 15) is 0 Å². The summed E-state index contributed by atoms with van der Waals surface area (Å²) in [7, 11) is 0. The highest BCUT2D eigenvalue weighted by atomic mass is 15.2. The highest BCUT2D eigenvalue weighted by molar-refractivity contribution is 5.92. The summed E-state index contributed by atoms with van der Waals surface area (Å²) in [6, 6.07) is 5.87. The fourth-order valence-corrected chi connectivity index (χ4v) is 4.19. The number of hydrogen-bond acceptors (Lipinski definition) is 6. The van der Waals surface area contributed by atoms with Gasteiger partial charge in [0.1, 0.15) is 11.0 Å². The lowest BCUT2D eigenvalue weighted by atomic mass is 10.1. The number of nitrogens with zero attached hydrogens (tertiary/aromatic N) is 6. The standard InChI is InChI=1S/C28H29N9.C2H6/c1-6-9-17(4)31-20(8-3)14-19(7-2)21-10-11-22-24(32-21)26(36-35-22)28-33-25-23(12-13-29-27(25)34-28)37-15-18(5)30-16-37;1-2/h7-8,10-16,31H,3-4,6,9H2,1-2,5H3,(H,35,36)(H,29,33,34);1-2H3/b19-7+,20-14+;. The van der Waals surface area contributed by atoms with Crippen LogP contribution in [0, 0.1) is 6.92 Å². The minimum absolute atomic E-state index is 0.588. The van der Waals surface area contributed by atoms with Crippen molar-refractivity contribution in [3.63, 3.8) is 0 Å². The van der Waals surface area contributed by atoms with E-state index in [0.717, 1.165) is 57.9 Å². The van der Waals surface area contributed by atoms with Crippen LogP contribution in [0.2, 0.25) is 0 Å². The van der Waals surface area contributed by atoms with Crippen LogP contribution < -0.4 is 5.32 Å². The molecule has 5 heterocycles. The third-order valence-electron chi connectivity index (χ3n) is 6.00. The summed E-state index contributed by atoms with van der Waals surface area (Å²) < 4.78 is 1.95. The van der Waals surface area contributed by atoms with E-state index in [1.807, 2.05) is 68.8 Å². The first-order chi connectivity index (χ1) is 19.0. The van der Waals surface area contributed by atoms with Crippen molar-refractivity contribution in [1.29, 1.82) is 0 Å². The molecule has 0 bridgehead atoms. The van der Waals surface area contributed by atoms with Crippen LogP contribution >= 0.6 is 0 Å². The number of aromatic amines is 2. The van der Waals surface area contributed by atoms with Gasteiger partial charge in [0.25, 0.3) is 0 Å². The minimum Gasteiger partial charge on any atom is -0.359 e. The van der Waals surface area contributed by atoms with Crippen molar-refractivity contribution in [1.82, 2.24) is 45.0 Å². The number of aromatic nitrogens is 8. The van der Waals surface area contributed by atoms with Gasteiger partial charge in [-0.2, -0.15) is 5.10 Å². The summed E-state index contributed by atoms with van der Waals surface area (Å²) in [6.45, 7) is 18.1. The summed E-state index contributed by atoms with van der Waals surface area (Å²) in [4.78, 5) is 21.9.